The highest BCUT2D eigenvalue weighted by molar-refractivity contribution is 5.43. The summed E-state index contributed by atoms with van der Waals surface area (Å²) in [5, 5.41) is 3.41. The maximum Gasteiger partial charge on any atom is 0.387 e. The fourth-order valence-electron chi connectivity index (χ4n) is 2.37. The van der Waals surface area contributed by atoms with Crippen molar-refractivity contribution in [2.45, 2.75) is 45.6 Å². The lowest BCUT2D eigenvalue weighted by molar-refractivity contribution is -0.0514. The minimum Gasteiger partial charge on any atom is -0.490 e. The molecule has 0 spiro atoms. The van der Waals surface area contributed by atoms with Crippen LogP contribution in [-0.4, -0.2) is 32.0 Å². The van der Waals surface area contributed by atoms with Crippen LogP contribution < -0.4 is 14.8 Å². The van der Waals surface area contributed by atoms with Crippen molar-refractivity contribution in [3.63, 3.8) is 0 Å². The van der Waals surface area contributed by atoms with Crippen LogP contribution in [0, 0.1) is 0 Å². The number of rotatable bonds is 7. The molecule has 1 aliphatic heterocycles. The van der Waals surface area contributed by atoms with Gasteiger partial charge in [0.25, 0.3) is 0 Å². The Morgan fingerprint density at radius 1 is 1.38 bits per heavy atom. The second kappa shape index (κ2) is 7.56. The molecule has 6 heteroatoms. The first kappa shape index (κ1) is 16.0. The van der Waals surface area contributed by atoms with Crippen molar-refractivity contribution in [2.75, 3.05) is 13.2 Å². The quantitative estimate of drug-likeness (QED) is 0.840. The Labute approximate surface area is 123 Å². The summed E-state index contributed by atoms with van der Waals surface area (Å²) < 4.78 is 40.0. The summed E-state index contributed by atoms with van der Waals surface area (Å²) in [5.74, 6) is 0.404. The molecule has 1 fully saturated rings. The van der Waals surface area contributed by atoms with Crippen LogP contribution in [0.2, 0.25) is 0 Å². The maximum absolute atomic E-state index is 12.3. The van der Waals surface area contributed by atoms with Crippen molar-refractivity contribution in [1.82, 2.24) is 5.32 Å². The molecule has 1 heterocycles. The molecular formula is C15H21F2NO3. The minimum absolute atomic E-state index is 0.0631. The summed E-state index contributed by atoms with van der Waals surface area (Å²) in [7, 11) is 0. The normalized spacial score (nSPS) is 21.8. The lowest BCUT2D eigenvalue weighted by atomic mass is 10.1. The van der Waals surface area contributed by atoms with Gasteiger partial charge in [-0.1, -0.05) is 6.07 Å². The molecule has 1 aromatic rings. The van der Waals surface area contributed by atoms with Gasteiger partial charge in [0, 0.05) is 19.2 Å². The Morgan fingerprint density at radius 2 is 2.19 bits per heavy atom. The molecular weight excluding hydrogens is 280 g/mol. The van der Waals surface area contributed by atoms with Gasteiger partial charge in [0.15, 0.2) is 11.5 Å². The summed E-state index contributed by atoms with van der Waals surface area (Å²) in [6.07, 6.45) is 1.17. The van der Waals surface area contributed by atoms with Crippen molar-refractivity contribution in [3.8, 4) is 11.5 Å². The molecule has 4 nitrogen and oxygen atoms in total. The van der Waals surface area contributed by atoms with Crippen LogP contribution >= 0.6 is 0 Å². The molecule has 0 aliphatic carbocycles. The van der Waals surface area contributed by atoms with Crippen LogP contribution in [0.4, 0.5) is 8.78 Å². The van der Waals surface area contributed by atoms with Gasteiger partial charge in [0.2, 0.25) is 0 Å². The van der Waals surface area contributed by atoms with E-state index >= 15 is 0 Å². The fourth-order valence-corrected chi connectivity index (χ4v) is 2.37. The number of hydrogen-bond donors (Lipinski definition) is 1. The van der Waals surface area contributed by atoms with Crippen molar-refractivity contribution in [3.05, 3.63) is 23.8 Å². The molecule has 0 aromatic heterocycles. The predicted molar refractivity (Wildman–Crippen MR) is 74.9 cm³/mol. The van der Waals surface area contributed by atoms with Crippen LogP contribution in [0.5, 0.6) is 11.5 Å². The standard InChI is InChI=1S/C15H21F2NO3/c1-3-19-14-8-11(4-5-13(14)21-15(16)17)9-18-12-6-7-20-10(12)2/h4-5,8,10,12,15,18H,3,6-7,9H2,1-2H3. The Bertz CT molecular complexity index is 457. The number of nitrogens with one attached hydrogen (secondary N) is 1. The third-order valence-electron chi connectivity index (χ3n) is 3.47. The van der Waals surface area contributed by atoms with Crippen molar-refractivity contribution in [1.29, 1.82) is 0 Å². The third-order valence-corrected chi connectivity index (χ3v) is 3.47. The Hall–Kier alpha value is -1.40. The Balaban J connectivity index is 2.01. The van der Waals surface area contributed by atoms with Crippen LogP contribution in [0.1, 0.15) is 25.8 Å². The van der Waals surface area contributed by atoms with E-state index in [1.807, 2.05) is 6.92 Å². The van der Waals surface area contributed by atoms with E-state index in [0.717, 1.165) is 18.6 Å². The average Bonchev–Trinajstić information content (AvgIpc) is 2.84. The van der Waals surface area contributed by atoms with E-state index in [1.54, 1.807) is 19.1 Å². The number of alkyl halides is 2. The van der Waals surface area contributed by atoms with Crippen molar-refractivity contribution in [2.24, 2.45) is 0 Å². The molecule has 2 atom stereocenters. The van der Waals surface area contributed by atoms with Gasteiger partial charge in [0.05, 0.1) is 12.7 Å². The highest BCUT2D eigenvalue weighted by Crippen LogP contribution is 2.30. The number of hydrogen-bond acceptors (Lipinski definition) is 4. The molecule has 0 bridgehead atoms. The summed E-state index contributed by atoms with van der Waals surface area (Å²) in [6.45, 7) is 2.77. The molecule has 2 rings (SSSR count). The van der Waals surface area contributed by atoms with Gasteiger partial charge in [-0.2, -0.15) is 8.78 Å². The Morgan fingerprint density at radius 3 is 2.81 bits per heavy atom. The van der Waals surface area contributed by atoms with E-state index in [0.29, 0.717) is 24.9 Å². The Kier molecular flexibility index (Phi) is 5.76. The minimum atomic E-state index is -2.86. The van der Waals surface area contributed by atoms with Crippen LogP contribution in [0.15, 0.2) is 18.2 Å². The van der Waals surface area contributed by atoms with E-state index in [9.17, 15) is 8.78 Å². The summed E-state index contributed by atoms with van der Waals surface area (Å²) >= 11 is 0. The first-order chi connectivity index (χ1) is 10.1. The molecule has 1 saturated heterocycles. The van der Waals surface area contributed by atoms with Crippen LogP contribution in [0.3, 0.4) is 0 Å². The number of ether oxygens (including phenoxy) is 3. The highest BCUT2D eigenvalue weighted by atomic mass is 19.3. The zero-order valence-corrected chi connectivity index (χ0v) is 12.3. The van der Waals surface area contributed by atoms with Crippen molar-refractivity contribution >= 4 is 0 Å². The molecule has 0 radical (unpaired) electrons. The molecule has 0 saturated carbocycles. The van der Waals surface area contributed by atoms with E-state index < -0.39 is 6.61 Å². The summed E-state index contributed by atoms with van der Waals surface area (Å²) in [4.78, 5) is 0. The molecule has 1 aliphatic rings. The molecule has 0 amide bonds. The first-order valence-electron chi connectivity index (χ1n) is 7.15. The average molecular weight is 301 g/mol. The SMILES string of the molecule is CCOc1cc(CNC2CCOC2C)ccc1OC(F)F. The molecule has 1 aromatic carbocycles. The fraction of sp³-hybridized carbons (Fsp3) is 0.600. The zero-order valence-electron chi connectivity index (χ0n) is 12.3. The van der Waals surface area contributed by atoms with Gasteiger partial charge in [-0.15, -0.1) is 0 Å². The largest absolute Gasteiger partial charge is 0.490 e. The maximum atomic E-state index is 12.3. The van der Waals surface area contributed by atoms with E-state index in [-0.39, 0.29) is 11.9 Å². The van der Waals surface area contributed by atoms with Crippen LogP contribution in [-0.2, 0) is 11.3 Å². The van der Waals surface area contributed by atoms with E-state index in [1.165, 1.54) is 6.07 Å². The number of benzene rings is 1. The van der Waals surface area contributed by atoms with Gasteiger partial charge in [-0.05, 0) is 38.0 Å². The summed E-state index contributed by atoms with van der Waals surface area (Å²) in [6, 6.07) is 5.32. The first-order valence-corrected chi connectivity index (χ1v) is 7.15. The van der Waals surface area contributed by atoms with Crippen molar-refractivity contribution < 1.29 is 23.0 Å². The molecule has 118 valence electrons. The van der Waals surface area contributed by atoms with Gasteiger partial charge < -0.3 is 19.5 Å². The molecule has 2 unspecified atom stereocenters. The van der Waals surface area contributed by atoms with Crippen LogP contribution in [0.25, 0.3) is 0 Å². The topological polar surface area (TPSA) is 39.7 Å². The second-order valence-electron chi connectivity index (χ2n) is 4.94. The smallest absolute Gasteiger partial charge is 0.387 e. The monoisotopic (exact) mass is 301 g/mol. The predicted octanol–water partition coefficient (Wildman–Crippen LogP) is 2.95. The van der Waals surface area contributed by atoms with Gasteiger partial charge in [-0.3, -0.25) is 0 Å². The highest BCUT2D eigenvalue weighted by Gasteiger charge is 2.23. The van der Waals surface area contributed by atoms with E-state index in [4.69, 9.17) is 9.47 Å². The second-order valence-corrected chi connectivity index (χ2v) is 4.94. The third kappa shape index (κ3) is 4.54. The van der Waals surface area contributed by atoms with Gasteiger partial charge in [0.1, 0.15) is 0 Å². The van der Waals surface area contributed by atoms with Gasteiger partial charge >= 0.3 is 6.61 Å². The van der Waals surface area contributed by atoms with Gasteiger partial charge in [-0.25, -0.2) is 0 Å². The zero-order chi connectivity index (χ0) is 15.2. The number of halogens is 2. The molecule has 1 N–H and O–H groups in total. The summed E-state index contributed by atoms with van der Waals surface area (Å²) in [5.41, 5.74) is 0.958. The molecule has 21 heavy (non-hydrogen) atoms. The van der Waals surface area contributed by atoms with E-state index in [2.05, 4.69) is 10.1 Å². The lowest BCUT2D eigenvalue weighted by Crippen LogP contribution is -2.34. The lowest BCUT2D eigenvalue weighted by Gasteiger charge is -2.17.